The van der Waals surface area contributed by atoms with Crippen molar-refractivity contribution in [3.05, 3.63) is 22.4 Å². The van der Waals surface area contributed by atoms with E-state index in [1.807, 2.05) is 0 Å². The van der Waals surface area contributed by atoms with Crippen molar-refractivity contribution in [2.24, 2.45) is 35.3 Å². The van der Waals surface area contributed by atoms with Crippen molar-refractivity contribution in [1.29, 1.82) is 0 Å². The normalized spacial score (nSPS) is 43.7. The second-order valence-corrected chi connectivity index (χ2v) is 7.18. The number of hydrogen-bond donors (Lipinski definition) is 1. The monoisotopic (exact) mass is 247 g/mol. The average Bonchev–Trinajstić information content (AvgIpc) is 2.80. The first-order valence-corrected chi connectivity index (χ1v) is 8.05. The van der Waals surface area contributed by atoms with Crippen LogP contribution in [0.4, 0.5) is 0 Å². The molecule has 5 atom stereocenters. The van der Waals surface area contributed by atoms with Gasteiger partial charge in [-0.25, -0.2) is 0 Å². The molecule has 2 heteroatoms. The zero-order chi connectivity index (χ0) is 11.4. The van der Waals surface area contributed by atoms with Gasteiger partial charge in [0.2, 0.25) is 0 Å². The van der Waals surface area contributed by atoms with E-state index in [9.17, 15) is 0 Å². The number of rotatable bonds is 4. The molecule has 0 radical (unpaired) electrons. The predicted molar refractivity (Wildman–Crippen MR) is 71.9 cm³/mol. The maximum atomic E-state index is 6.44. The fraction of sp³-hybridized carbons (Fsp3) is 0.733. The summed E-state index contributed by atoms with van der Waals surface area (Å²) in [5, 5.41) is 4.44. The molecule has 2 N–H and O–H groups in total. The van der Waals surface area contributed by atoms with Crippen LogP contribution < -0.4 is 5.73 Å². The maximum Gasteiger partial charge on any atom is 0.00760 e. The second kappa shape index (κ2) is 3.83. The van der Waals surface area contributed by atoms with E-state index in [4.69, 9.17) is 5.73 Å². The van der Waals surface area contributed by atoms with Crippen molar-refractivity contribution in [1.82, 2.24) is 0 Å². The molecule has 1 aromatic heterocycles. The summed E-state index contributed by atoms with van der Waals surface area (Å²) < 4.78 is 0. The summed E-state index contributed by atoms with van der Waals surface area (Å²) in [5.41, 5.74) is 7.93. The Morgan fingerprint density at radius 3 is 2.71 bits per heavy atom. The van der Waals surface area contributed by atoms with Gasteiger partial charge < -0.3 is 5.73 Å². The van der Waals surface area contributed by atoms with Crippen LogP contribution in [0.2, 0.25) is 0 Å². The predicted octanol–water partition coefficient (Wildman–Crippen LogP) is 3.30. The van der Waals surface area contributed by atoms with Gasteiger partial charge in [-0.15, -0.1) is 0 Å². The van der Waals surface area contributed by atoms with Crippen LogP contribution in [-0.2, 0) is 6.42 Å². The molecule has 17 heavy (non-hydrogen) atoms. The summed E-state index contributed by atoms with van der Waals surface area (Å²) in [7, 11) is 0. The van der Waals surface area contributed by atoms with Gasteiger partial charge in [-0.2, -0.15) is 11.3 Å². The molecule has 3 aliphatic rings. The van der Waals surface area contributed by atoms with E-state index >= 15 is 0 Å². The van der Waals surface area contributed by atoms with E-state index in [0.717, 1.165) is 29.6 Å². The topological polar surface area (TPSA) is 26.0 Å². The third-order valence-electron chi connectivity index (χ3n) is 5.64. The summed E-state index contributed by atoms with van der Waals surface area (Å²) in [6.07, 6.45) is 6.96. The third kappa shape index (κ3) is 1.61. The molecule has 1 aromatic rings. The van der Waals surface area contributed by atoms with Gasteiger partial charge in [-0.3, -0.25) is 0 Å². The molecule has 0 spiro atoms. The van der Waals surface area contributed by atoms with E-state index in [-0.39, 0.29) is 0 Å². The summed E-state index contributed by atoms with van der Waals surface area (Å²) in [4.78, 5) is 0. The van der Waals surface area contributed by atoms with E-state index in [0.29, 0.717) is 6.04 Å². The molecule has 3 fully saturated rings. The highest BCUT2D eigenvalue weighted by molar-refractivity contribution is 7.07. The van der Waals surface area contributed by atoms with Gasteiger partial charge in [0.1, 0.15) is 0 Å². The molecular weight excluding hydrogens is 226 g/mol. The van der Waals surface area contributed by atoms with Gasteiger partial charge in [-0.1, -0.05) is 0 Å². The third-order valence-corrected chi connectivity index (χ3v) is 6.37. The van der Waals surface area contributed by atoms with Gasteiger partial charge in [0, 0.05) is 6.04 Å². The SMILES string of the molecule is NC(CCc1ccsc1)C1C2C3CCC(C3)C12. The number of aryl methyl sites for hydroxylation is 1. The van der Waals surface area contributed by atoms with Crippen molar-refractivity contribution in [3.8, 4) is 0 Å². The molecule has 92 valence electrons. The lowest BCUT2D eigenvalue weighted by molar-refractivity contribution is 0.398. The highest BCUT2D eigenvalue weighted by atomic mass is 32.1. The molecule has 5 unspecified atom stereocenters. The van der Waals surface area contributed by atoms with E-state index in [1.54, 1.807) is 17.8 Å². The van der Waals surface area contributed by atoms with Crippen LogP contribution in [0, 0.1) is 29.6 Å². The van der Waals surface area contributed by atoms with E-state index < -0.39 is 0 Å². The van der Waals surface area contributed by atoms with Crippen molar-refractivity contribution in [2.75, 3.05) is 0 Å². The average molecular weight is 247 g/mol. The number of thiophene rings is 1. The first kappa shape index (κ1) is 10.6. The Hall–Kier alpha value is -0.340. The molecule has 2 bridgehead atoms. The molecule has 1 heterocycles. The summed E-state index contributed by atoms with van der Waals surface area (Å²) in [6.45, 7) is 0. The van der Waals surface area contributed by atoms with Crippen molar-refractivity contribution >= 4 is 11.3 Å². The lowest BCUT2D eigenvalue weighted by atomic mass is 9.94. The first-order valence-electron chi connectivity index (χ1n) is 7.11. The molecule has 0 saturated heterocycles. The van der Waals surface area contributed by atoms with E-state index in [2.05, 4.69) is 16.8 Å². The Balaban J connectivity index is 1.35. The van der Waals surface area contributed by atoms with Crippen LogP contribution in [0.25, 0.3) is 0 Å². The standard InChI is InChI=1S/C15H21NS/c16-12(4-1-9-5-6-17-8-9)15-13-10-2-3-11(7-10)14(13)15/h5-6,8,10-15H,1-4,7,16H2. The Morgan fingerprint density at radius 2 is 2.06 bits per heavy atom. The van der Waals surface area contributed by atoms with Crippen molar-refractivity contribution in [3.63, 3.8) is 0 Å². The lowest BCUT2D eigenvalue weighted by Gasteiger charge is -2.15. The van der Waals surface area contributed by atoms with Gasteiger partial charge in [0.05, 0.1) is 0 Å². The van der Waals surface area contributed by atoms with Crippen molar-refractivity contribution < 1.29 is 0 Å². The van der Waals surface area contributed by atoms with Gasteiger partial charge in [0.15, 0.2) is 0 Å². The first-order chi connectivity index (χ1) is 8.34. The quantitative estimate of drug-likeness (QED) is 0.868. The van der Waals surface area contributed by atoms with Gasteiger partial charge in [-0.05, 0) is 84.1 Å². The fourth-order valence-corrected chi connectivity index (χ4v) is 5.63. The highest BCUT2D eigenvalue weighted by Crippen LogP contribution is 2.70. The summed E-state index contributed by atoms with van der Waals surface area (Å²) >= 11 is 1.80. The van der Waals surface area contributed by atoms with Crippen LogP contribution in [0.15, 0.2) is 16.8 Å². The summed E-state index contributed by atoms with van der Waals surface area (Å²) in [6, 6.07) is 2.72. The van der Waals surface area contributed by atoms with Gasteiger partial charge in [0.25, 0.3) is 0 Å². The van der Waals surface area contributed by atoms with Crippen LogP contribution in [0.1, 0.15) is 31.2 Å². The minimum Gasteiger partial charge on any atom is -0.327 e. The maximum absolute atomic E-state index is 6.44. The molecule has 1 nitrogen and oxygen atoms in total. The van der Waals surface area contributed by atoms with Crippen LogP contribution in [-0.4, -0.2) is 6.04 Å². The Morgan fingerprint density at radius 1 is 1.29 bits per heavy atom. The Labute approximate surface area is 107 Å². The fourth-order valence-electron chi connectivity index (χ4n) is 4.93. The molecular formula is C15H21NS. The van der Waals surface area contributed by atoms with Crippen LogP contribution >= 0.6 is 11.3 Å². The molecule has 0 aromatic carbocycles. The zero-order valence-corrected chi connectivity index (χ0v) is 11.0. The lowest BCUT2D eigenvalue weighted by Crippen LogP contribution is -2.26. The zero-order valence-electron chi connectivity index (χ0n) is 10.2. The molecule has 4 rings (SSSR count). The highest BCUT2D eigenvalue weighted by Gasteiger charge is 2.65. The van der Waals surface area contributed by atoms with Crippen LogP contribution in [0.5, 0.6) is 0 Å². The minimum atomic E-state index is 0.480. The number of hydrogen-bond acceptors (Lipinski definition) is 2. The number of fused-ring (bicyclic) bond motifs is 5. The molecule has 3 saturated carbocycles. The smallest absolute Gasteiger partial charge is 0.00760 e. The Kier molecular flexibility index (Phi) is 2.38. The number of nitrogens with two attached hydrogens (primary N) is 1. The van der Waals surface area contributed by atoms with E-state index in [1.165, 1.54) is 31.2 Å². The van der Waals surface area contributed by atoms with Crippen LogP contribution in [0.3, 0.4) is 0 Å². The van der Waals surface area contributed by atoms with Crippen molar-refractivity contribution in [2.45, 2.75) is 38.1 Å². The molecule has 3 aliphatic carbocycles. The summed E-state index contributed by atoms with van der Waals surface area (Å²) in [5.74, 6) is 5.14. The Bertz CT molecular complexity index is 383. The minimum absolute atomic E-state index is 0.480. The second-order valence-electron chi connectivity index (χ2n) is 6.40. The molecule has 0 amide bonds. The van der Waals surface area contributed by atoms with Gasteiger partial charge >= 0.3 is 0 Å². The molecule has 0 aliphatic heterocycles. The largest absolute Gasteiger partial charge is 0.327 e.